The number of hydrogen-bond acceptors (Lipinski definition) is 3. The molecule has 1 rings (SSSR count). The summed E-state index contributed by atoms with van der Waals surface area (Å²) in [5.41, 5.74) is -0.670. The summed E-state index contributed by atoms with van der Waals surface area (Å²) >= 11 is 0. The Morgan fingerprint density at radius 1 is 1.50 bits per heavy atom. The first-order valence-corrected chi connectivity index (χ1v) is 5.84. The van der Waals surface area contributed by atoms with Crippen molar-refractivity contribution in [2.24, 2.45) is 0 Å². The highest BCUT2D eigenvalue weighted by atomic mass is 19.1. The Labute approximate surface area is 105 Å². The van der Waals surface area contributed by atoms with Crippen molar-refractivity contribution in [2.75, 3.05) is 11.9 Å². The molecule has 0 saturated carbocycles. The lowest BCUT2D eigenvalue weighted by atomic mass is 9.94. The van der Waals surface area contributed by atoms with Gasteiger partial charge in [0, 0.05) is 12.1 Å². The molecule has 0 aliphatic carbocycles. The number of carbonyl (C=O) groups is 1. The molecule has 100 valence electrons. The van der Waals surface area contributed by atoms with Gasteiger partial charge in [0.1, 0.15) is 5.82 Å². The van der Waals surface area contributed by atoms with Crippen LogP contribution in [-0.2, 0) is 0 Å². The predicted octanol–water partition coefficient (Wildman–Crippen LogP) is 2.49. The average Bonchev–Trinajstić information content (AvgIpc) is 2.32. The third-order valence-corrected chi connectivity index (χ3v) is 3.11. The SMILES string of the molecule is CCC(C)(CCO)Nc1c(F)cccc1C(=O)O. The molecule has 0 heterocycles. The average molecular weight is 255 g/mol. The van der Waals surface area contributed by atoms with Crippen LogP contribution in [0.3, 0.4) is 0 Å². The first kappa shape index (κ1) is 14.4. The number of para-hydroxylation sites is 1. The van der Waals surface area contributed by atoms with Crippen LogP contribution in [0, 0.1) is 5.82 Å². The van der Waals surface area contributed by atoms with E-state index in [1.54, 1.807) is 0 Å². The summed E-state index contributed by atoms with van der Waals surface area (Å²) in [6.07, 6.45) is 1.05. The van der Waals surface area contributed by atoms with E-state index in [1.807, 2.05) is 13.8 Å². The second-order valence-corrected chi connectivity index (χ2v) is 4.48. The summed E-state index contributed by atoms with van der Waals surface area (Å²) in [5, 5.41) is 21.0. The third kappa shape index (κ3) is 3.20. The predicted molar refractivity (Wildman–Crippen MR) is 67.4 cm³/mol. The van der Waals surface area contributed by atoms with Gasteiger partial charge in [-0.25, -0.2) is 9.18 Å². The topological polar surface area (TPSA) is 69.6 Å². The highest BCUT2D eigenvalue weighted by molar-refractivity contribution is 5.94. The number of carboxylic acids is 1. The molecule has 18 heavy (non-hydrogen) atoms. The lowest BCUT2D eigenvalue weighted by molar-refractivity contribution is 0.0697. The number of aliphatic hydroxyl groups excluding tert-OH is 1. The van der Waals surface area contributed by atoms with Crippen molar-refractivity contribution in [3.8, 4) is 0 Å². The summed E-state index contributed by atoms with van der Waals surface area (Å²) in [5.74, 6) is -1.79. The number of aromatic carboxylic acids is 1. The molecule has 0 aliphatic heterocycles. The number of rotatable bonds is 6. The Balaban J connectivity index is 3.13. The van der Waals surface area contributed by atoms with Crippen LogP contribution in [0.25, 0.3) is 0 Å². The Hall–Kier alpha value is -1.62. The molecular formula is C13H18FNO3. The summed E-state index contributed by atoms with van der Waals surface area (Å²) in [6.45, 7) is 3.67. The Bertz CT molecular complexity index is 436. The van der Waals surface area contributed by atoms with E-state index >= 15 is 0 Å². The molecular weight excluding hydrogens is 237 g/mol. The maximum atomic E-state index is 13.7. The molecule has 0 bridgehead atoms. The smallest absolute Gasteiger partial charge is 0.337 e. The molecule has 0 amide bonds. The Morgan fingerprint density at radius 3 is 2.67 bits per heavy atom. The summed E-state index contributed by atoms with van der Waals surface area (Å²) < 4.78 is 13.7. The van der Waals surface area contributed by atoms with Gasteiger partial charge in [0.05, 0.1) is 11.3 Å². The van der Waals surface area contributed by atoms with E-state index in [1.165, 1.54) is 18.2 Å². The highest BCUT2D eigenvalue weighted by Gasteiger charge is 2.25. The van der Waals surface area contributed by atoms with Gasteiger partial charge < -0.3 is 15.5 Å². The zero-order valence-corrected chi connectivity index (χ0v) is 10.5. The summed E-state index contributed by atoms with van der Waals surface area (Å²) in [7, 11) is 0. The number of nitrogens with one attached hydrogen (secondary N) is 1. The van der Waals surface area contributed by atoms with Crippen LogP contribution >= 0.6 is 0 Å². The molecule has 1 unspecified atom stereocenters. The Morgan fingerprint density at radius 2 is 2.17 bits per heavy atom. The minimum Gasteiger partial charge on any atom is -0.478 e. The van der Waals surface area contributed by atoms with Crippen molar-refractivity contribution in [1.82, 2.24) is 0 Å². The van der Waals surface area contributed by atoms with Crippen molar-refractivity contribution < 1.29 is 19.4 Å². The molecule has 3 N–H and O–H groups in total. The molecule has 0 aliphatic rings. The van der Waals surface area contributed by atoms with Crippen LogP contribution in [0.15, 0.2) is 18.2 Å². The van der Waals surface area contributed by atoms with E-state index in [-0.39, 0.29) is 17.9 Å². The number of halogens is 1. The summed E-state index contributed by atoms with van der Waals surface area (Å²) in [6, 6.07) is 3.92. The molecule has 5 heteroatoms. The standard InChI is InChI=1S/C13H18FNO3/c1-3-13(2,7-8-16)15-11-9(12(17)18)5-4-6-10(11)14/h4-6,15-16H,3,7-8H2,1-2H3,(H,17,18). The second-order valence-electron chi connectivity index (χ2n) is 4.48. The number of carboxylic acid groups (broad SMARTS) is 1. The van der Waals surface area contributed by atoms with Gasteiger partial charge in [-0.05, 0) is 31.9 Å². The third-order valence-electron chi connectivity index (χ3n) is 3.11. The quantitative estimate of drug-likeness (QED) is 0.730. The van der Waals surface area contributed by atoms with Crippen LogP contribution in [0.5, 0.6) is 0 Å². The monoisotopic (exact) mass is 255 g/mol. The first-order valence-electron chi connectivity index (χ1n) is 5.84. The number of anilines is 1. The number of aliphatic hydroxyl groups is 1. The van der Waals surface area contributed by atoms with Crippen LogP contribution in [0.1, 0.15) is 37.0 Å². The van der Waals surface area contributed by atoms with Crippen molar-refractivity contribution in [3.05, 3.63) is 29.6 Å². The van der Waals surface area contributed by atoms with E-state index in [9.17, 15) is 9.18 Å². The molecule has 1 atom stereocenters. The fourth-order valence-corrected chi connectivity index (χ4v) is 1.71. The van der Waals surface area contributed by atoms with Crippen LogP contribution in [0.4, 0.5) is 10.1 Å². The maximum Gasteiger partial charge on any atom is 0.337 e. The molecule has 1 aromatic carbocycles. The van der Waals surface area contributed by atoms with Gasteiger partial charge >= 0.3 is 5.97 Å². The van der Waals surface area contributed by atoms with Gasteiger partial charge in [0.2, 0.25) is 0 Å². The van der Waals surface area contributed by atoms with Gasteiger partial charge in [-0.2, -0.15) is 0 Å². The minimum absolute atomic E-state index is 0.0252. The van der Waals surface area contributed by atoms with E-state index in [2.05, 4.69) is 5.32 Å². The zero-order valence-electron chi connectivity index (χ0n) is 10.5. The van der Waals surface area contributed by atoms with Crippen molar-refractivity contribution in [3.63, 3.8) is 0 Å². The van der Waals surface area contributed by atoms with E-state index in [0.717, 1.165) is 0 Å². The van der Waals surface area contributed by atoms with Crippen molar-refractivity contribution >= 4 is 11.7 Å². The molecule has 0 radical (unpaired) electrons. The van der Waals surface area contributed by atoms with Crippen molar-refractivity contribution in [1.29, 1.82) is 0 Å². The normalized spacial score (nSPS) is 14.0. The molecule has 1 aromatic rings. The van der Waals surface area contributed by atoms with Crippen molar-refractivity contribution in [2.45, 2.75) is 32.2 Å². The number of hydrogen-bond donors (Lipinski definition) is 3. The van der Waals surface area contributed by atoms with Gasteiger partial charge in [-0.15, -0.1) is 0 Å². The van der Waals surface area contributed by atoms with Gasteiger partial charge in [0.25, 0.3) is 0 Å². The maximum absolute atomic E-state index is 13.7. The fourth-order valence-electron chi connectivity index (χ4n) is 1.71. The summed E-state index contributed by atoms with van der Waals surface area (Å²) in [4.78, 5) is 11.0. The van der Waals surface area contributed by atoms with E-state index < -0.39 is 17.3 Å². The number of benzene rings is 1. The molecule has 4 nitrogen and oxygen atoms in total. The first-order chi connectivity index (χ1) is 8.43. The molecule has 0 spiro atoms. The van der Waals surface area contributed by atoms with Gasteiger partial charge in [-0.1, -0.05) is 13.0 Å². The second kappa shape index (κ2) is 5.82. The largest absolute Gasteiger partial charge is 0.478 e. The fraction of sp³-hybridized carbons (Fsp3) is 0.462. The van der Waals surface area contributed by atoms with Gasteiger partial charge in [-0.3, -0.25) is 0 Å². The van der Waals surface area contributed by atoms with Crippen LogP contribution in [0.2, 0.25) is 0 Å². The van der Waals surface area contributed by atoms with Gasteiger partial charge in [0.15, 0.2) is 0 Å². The Kier molecular flexibility index (Phi) is 4.67. The van der Waals surface area contributed by atoms with Crippen LogP contribution in [-0.4, -0.2) is 28.3 Å². The minimum atomic E-state index is -1.18. The lowest BCUT2D eigenvalue weighted by Gasteiger charge is -2.31. The van der Waals surface area contributed by atoms with E-state index in [4.69, 9.17) is 10.2 Å². The zero-order chi connectivity index (χ0) is 13.8. The molecule has 0 fully saturated rings. The molecule has 0 aromatic heterocycles. The van der Waals surface area contributed by atoms with Crippen LogP contribution < -0.4 is 5.32 Å². The highest BCUT2D eigenvalue weighted by Crippen LogP contribution is 2.27. The lowest BCUT2D eigenvalue weighted by Crippen LogP contribution is -2.36. The van der Waals surface area contributed by atoms with E-state index in [0.29, 0.717) is 12.8 Å². The molecule has 0 saturated heterocycles.